The summed E-state index contributed by atoms with van der Waals surface area (Å²) in [4.78, 5) is 18.0. The summed E-state index contributed by atoms with van der Waals surface area (Å²) in [6, 6.07) is 5.61. The first-order chi connectivity index (χ1) is 14.4. The Kier molecular flexibility index (Phi) is 7.24. The van der Waals surface area contributed by atoms with Gasteiger partial charge in [0.15, 0.2) is 0 Å². The lowest BCUT2D eigenvalue weighted by Gasteiger charge is -2.20. The first-order valence-electron chi connectivity index (χ1n) is 9.14. The van der Waals surface area contributed by atoms with Gasteiger partial charge in [-0.15, -0.1) is 0 Å². The van der Waals surface area contributed by atoms with Gasteiger partial charge in [-0.2, -0.15) is 8.78 Å². The van der Waals surface area contributed by atoms with Gasteiger partial charge in [0.1, 0.15) is 0 Å². The Hall–Kier alpha value is -0.990. The Morgan fingerprint density at radius 2 is 1.94 bits per heavy atom. The van der Waals surface area contributed by atoms with Crippen molar-refractivity contribution in [2.24, 2.45) is 0 Å². The number of aryl methyl sites for hydroxylation is 1. The third kappa shape index (κ3) is 4.71. The van der Waals surface area contributed by atoms with Crippen molar-refractivity contribution in [3.8, 4) is 0 Å². The molecule has 0 unspecified atom stereocenters. The van der Waals surface area contributed by atoms with Crippen molar-refractivity contribution in [2.45, 2.75) is 32.7 Å². The lowest BCUT2D eigenvalue weighted by atomic mass is 10.1. The number of halogens is 5. The van der Waals surface area contributed by atoms with E-state index in [1.54, 1.807) is 6.07 Å². The fourth-order valence-corrected chi connectivity index (χ4v) is 5.12. The maximum atomic E-state index is 14.1. The Bertz CT molecular complexity index is 1200. The van der Waals surface area contributed by atoms with Crippen molar-refractivity contribution in [1.29, 1.82) is 0 Å². The number of nitrogens with zero attached hydrogens (tertiary/aromatic N) is 1. The van der Waals surface area contributed by atoms with Crippen molar-refractivity contribution >= 4 is 57.6 Å². The predicted octanol–water partition coefficient (Wildman–Crippen LogP) is 6.83. The van der Waals surface area contributed by atoms with Crippen LogP contribution in [0.2, 0.25) is 10.0 Å². The topological polar surface area (TPSA) is 71.7 Å². The van der Waals surface area contributed by atoms with Gasteiger partial charge < -0.3 is 19.1 Å². The van der Waals surface area contributed by atoms with Crippen LogP contribution in [-0.2, 0) is 28.1 Å². The van der Waals surface area contributed by atoms with E-state index in [-0.39, 0.29) is 4.47 Å². The number of rotatable bonds is 7. The van der Waals surface area contributed by atoms with Crippen LogP contribution in [-0.4, -0.2) is 21.0 Å². The Labute approximate surface area is 196 Å². The summed E-state index contributed by atoms with van der Waals surface area (Å²) in [6.45, 7) is 4.95. The normalized spacial score (nSPS) is 12.7. The second-order valence-corrected chi connectivity index (χ2v) is 10.3. The quantitative estimate of drug-likeness (QED) is 0.313. The molecule has 0 saturated carbocycles. The van der Waals surface area contributed by atoms with Crippen LogP contribution < -0.4 is 0 Å². The zero-order chi connectivity index (χ0) is 23.1. The molecule has 0 aliphatic heterocycles. The zero-order valence-electron chi connectivity index (χ0n) is 16.5. The highest BCUT2D eigenvalue weighted by Gasteiger charge is 2.51. The zero-order valence-corrected chi connectivity index (χ0v) is 20.5. The van der Waals surface area contributed by atoms with Gasteiger partial charge in [0.25, 0.3) is 0 Å². The van der Waals surface area contributed by atoms with E-state index in [0.717, 1.165) is 28.1 Å². The minimum absolute atomic E-state index is 0.0953. The molecule has 1 heterocycles. The molecular weight excluding hydrogens is 538 g/mol. The molecular formula is C20H19BrCl2F2NO4P. The first kappa shape index (κ1) is 24.6. The van der Waals surface area contributed by atoms with Gasteiger partial charge in [-0.1, -0.05) is 51.3 Å². The second kappa shape index (κ2) is 9.10. The second-order valence-electron chi connectivity index (χ2n) is 7.01. The van der Waals surface area contributed by atoms with E-state index in [4.69, 9.17) is 37.7 Å². The van der Waals surface area contributed by atoms with Crippen molar-refractivity contribution in [1.82, 2.24) is 4.57 Å². The molecule has 2 aromatic carbocycles. The number of fused-ring (bicyclic) bond motifs is 1. The van der Waals surface area contributed by atoms with Gasteiger partial charge in [0.2, 0.25) is 0 Å². The molecule has 0 atom stereocenters. The van der Waals surface area contributed by atoms with E-state index in [0.29, 0.717) is 35.4 Å². The van der Waals surface area contributed by atoms with Gasteiger partial charge in [0.05, 0.1) is 22.2 Å². The van der Waals surface area contributed by atoms with Crippen molar-refractivity contribution < 1.29 is 27.9 Å². The Morgan fingerprint density at radius 3 is 2.52 bits per heavy atom. The molecule has 0 radical (unpaired) electrons. The van der Waals surface area contributed by atoms with Crippen LogP contribution in [0.1, 0.15) is 29.2 Å². The van der Waals surface area contributed by atoms with E-state index < -0.39 is 18.8 Å². The molecule has 2 N–H and O–H groups in total. The highest BCUT2D eigenvalue weighted by atomic mass is 79.9. The lowest BCUT2D eigenvalue weighted by molar-refractivity contribution is 0.0557. The van der Waals surface area contributed by atoms with Gasteiger partial charge in [-0.3, -0.25) is 4.57 Å². The van der Waals surface area contributed by atoms with E-state index in [1.807, 2.05) is 24.6 Å². The molecule has 0 bridgehead atoms. The number of hydrogen-bond acceptors (Lipinski definition) is 2. The smallest absolute Gasteiger partial charge is 0.377 e. The largest absolute Gasteiger partial charge is 0.399 e. The van der Waals surface area contributed by atoms with Gasteiger partial charge in [-0.25, -0.2) is 0 Å². The summed E-state index contributed by atoms with van der Waals surface area (Å²) >= 11 is 15.6. The van der Waals surface area contributed by atoms with Crippen molar-refractivity contribution in [3.05, 3.63) is 67.2 Å². The molecule has 1 aromatic heterocycles. The molecule has 168 valence electrons. The molecule has 0 aliphatic rings. The molecule has 0 spiro atoms. The molecule has 5 nitrogen and oxygen atoms in total. The number of aromatic nitrogens is 1. The van der Waals surface area contributed by atoms with E-state index in [2.05, 4.69) is 15.9 Å². The highest BCUT2D eigenvalue weighted by Crippen LogP contribution is 2.60. The van der Waals surface area contributed by atoms with Crippen molar-refractivity contribution in [3.63, 3.8) is 0 Å². The summed E-state index contributed by atoms with van der Waals surface area (Å²) in [5.41, 5.74) is -1.91. The van der Waals surface area contributed by atoms with Gasteiger partial charge in [0, 0.05) is 40.3 Å². The minimum atomic E-state index is -5.67. The average Bonchev–Trinajstić information content (AvgIpc) is 3.00. The minimum Gasteiger partial charge on any atom is -0.377 e. The van der Waals surface area contributed by atoms with Crippen LogP contribution in [0.15, 0.2) is 34.9 Å². The molecule has 3 rings (SSSR count). The van der Waals surface area contributed by atoms with Crippen LogP contribution in [0.5, 0.6) is 0 Å². The summed E-state index contributed by atoms with van der Waals surface area (Å²) in [6.07, 6.45) is 1.89. The van der Waals surface area contributed by atoms with Crippen LogP contribution in [0.4, 0.5) is 8.78 Å². The third-order valence-electron chi connectivity index (χ3n) is 4.90. The molecule has 0 saturated heterocycles. The molecule has 0 aliphatic carbocycles. The van der Waals surface area contributed by atoms with Gasteiger partial charge >= 0.3 is 13.3 Å². The Morgan fingerprint density at radius 1 is 1.26 bits per heavy atom. The summed E-state index contributed by atoms with van der Waals surface area (Å²) in [5.74, 6) is 0. The number of alkyl halides is 2. The van der Waals surface area contributed by atoms with Gasteiger partial charge in [-0.05, 0) is 37.1 Å². The summed E-state index contributed by atoms with van der Waals surface area (Å²) < 4.78 is 46.8. The number of benzene rings is 2. The van der Waals surface area contributed by atoms with E-state index >= 15 is 0 Å². The average molecular weight is 557 g/mol. The Balaban J connectivity index is 2.07. The fourth-order valence-electron chi connectivity index (χ4n) is 3.39. The number of ether oxygens (including phenoxy) is 1. The predicted molar refractivity (Wildman–Crippen MR) is 121 cm³/mol. The van der Waals surface area contributed by atoms with Crippen LogP contribution >= 0.6 is 46.7 Å². The first-order valence-corrected chi connectivity index (χ1v) is 12.3. The van der Waals surface area contributed by atoms with Crippen LogP contribution in [0.3, 0.4) is 0 Å². The third-order valence-corrected chi connectivity index (χ3v) is 7.41. The molecule has 0 fully saturated rings. The lowest BCUT2D eigenvalue weighted by Crippen LogP contribution is -2.14. The summed E-state index contributed by atoms with van der Waals surface area (Å²) in [7, 11) is -5.67. The maximum absolute atomic E-state index is 14.1. The van der Waals surface area contributed by atoms with E-state index in [1.165, 1.54) is 12.1 Å². The monoisotopic (exact) mass is 555 g/mol. The van der Waals surface area contributed by atoms with Crippen LogP contribution in [0.25, 0.3) is 10.9 Å². The molecule has 31 heavy (non-hydrogen) atoms. The van der Waals surface area contributed by atoms with Crippen LogP contribution in [0, 0.1) is 6.92 Å². The SMILES string of the molecule is CCOCc1cn(Cc2ccc(C(F)(F)P(=O)(O)O)c(Br)c2)c2c(C)c(Cl)c(Cl)cc12. The standard InChI is InChI=1S/C20H19BrCl2F2NO4P/c1-3-30-10-13-9-26(19-11(2)18(23)17(22)7-14(13)19)8-12-4-5-15(16(21)6-12)20(24,25)31(27,28)29/h4-7,9H,3,8,10H2,1-2H3,(H2,27,28,29). The molecule has 3 aromatic rings. The molecule has 0 amide bonds. The fraction of sp³-hybridized carbons (Fsp3) is 0.300. The summed E-state index contributed by atoms with van der Waals surface area (Å²) in [5, 5.41) is 1.73. The molecule has 11 heteroatoms. The highest BCUT2D eigenvalue weighted by molar-refractivity contribution is 9.10. The maximum Gasteiger partial charge on any atom is 0.399 e. The number of hydrogen-bond donors (Lipinski definition) is 2. The van der Waals surface area contributed by atoms with E-state index in [9.17, 15) is 13.3 Å². The van der Waals surface area contributed by atoms with Crippen molar-refractivity contribution in [2.75, 3.05) is 6.61 Å².